The first-order chi connectivity index (χ1) is 10.1. The first-order valence-electron chi connectivity index (χ1n) is 6.58. The van der Waals surface area contributed by atoms with Crippen molar-refractivity contribution in [2.45, 2.75) is 19.6 Å². The molecule has 110 valence electrons. The molecule has 2 rings (SSSR count). The maximum atomic E-state index is 12.0. The molecule has 0 fully saturated rings. The number of rotatable bonds is 5. The van der Waals surface area contributed by atoms with E-state index in [0.29, 0.717) is 12.4 Å². The summed E-state index contributed by atoms with van der Waals surface area (Å²) in [6.45, 7) is 1.99. The van der Waals surface area contributed by atoms with Crippen molar-refractivity contribution in [3.63, 3.8) is 0 Å². The van der Waals surface area contributed by atoms with E-state index in [9.17, 15) is 9.59 Å². The topological polar surface area (TPSA) is 57.5 Å². The van der Waals surface area contributed by atoms with Crippen molar-refractivity contribution in [3.05, 3.63) is 64.6 Å². The predicted molar refractivity (Wildman–Crippen MR) is 78.2 cm³/mol. The van der Waals surface area contributed by atoms with E-state index in [0.717, 1.165) is 5.56 Å². The van der Waals surface area contributed by atoms with Crippen LogP contribution in [0, 0.1) is 0 Å². The van der Waals surface area contributed by atoms with Crippen LogP contribution in [0.3, 0.4) is 0 Å². The van der Waals surface area contributed by atoms with Crippen molar-refractivity contribution in [2.24, 2.45) is 0 Å². The molecule has 1 heterocycles. The molecule has 0 spiro atoms. The van der Waals surface area contributed by atoms with E-state index in [1.165, 1.54) is 23.9 Å². The summed E-state index contributed by atoms with van der Waals surface area (Å²) in [6.07, 6.45) is 1.53. The number of benzene rings is 1. The highest BCUT2D eigenvalue weighted by atomic mass is 16.5. The number of hydrogen-bond donors (Lipinski definition) is 0. The molecule has 0 aliphatic rings. The fourth-order valence-corrected chi connectivity index (χ4v) is 1.91. The Morgan fingerprint density at radius 3 is 2.57 bits per heavy atom. The van der Waals surface area contributed by atoms with Gasteiger partial charge in [0, 0.05) is 12.3 Å². The van der Waals surface area contributed by atoms with Crippen molar-refractivity contribution in [2.75, 3.05) is 7.11 Å². The summed E-state index contributed by atoms with van der Waals surface area (Å²) in [4.78, 5) is 23.4. The van der Waals surface area contributed by atoms with Crippen molar-refractivity contribution < 1.29 is 14.3 Å². The molecular formula is C16H17NO4. The lowest BCUT2D eigenvalue weighted by atomic mass is 10.2. The van der Waals surface area contributed by atoms with Crippen molar-refractivity contribution in [1.29, 1.82) is 0 Å². The second-order valence-electron chi connectivity index (χ2n) is 4.58. The first kappa shape index (κ1) is 14.8. The van der Waals surface area contributed by atoms with Gasteiger partial charge in [-0.15, -0.1) is 0 Å². The van der Waals surface area contributed by atoms with E-state index in [4.69, 9.17) is 4.74 Å². The lowest BCUT2D eigenvalue weighted by molar-refractivity contribution is -0.144. The normalized spacial score (nSPS) is 11.7. The highest BCUT2D eigenvalue weighted by Gasteiger charge is 2.16. The van der Waals surface area contributed by atoms with Gasteiger partial charge in [0.2, 0.25) is 0 Å². The van der Waals surface area contributed by atoms with Gasteiger partial charge in [0.05, 0.1) is 7.11 Å². The molecule has 0 saturated carbocycles. The zero-order chi connectivity index (χ0) is 15.2. The van der Waals surface area contributed by atoms with Crippen molar-refractivity contribution in [3.8, 4) is 5.75 Å². The van der Waals surface area contributed by atoms with E-state index >= 15 is 0 Å². The van der Waals surface area contributed by atoms with E-state index in [-0.39, 0.29) is 5.56 Å². The minimum absolute atomic E-state index is 0.307. The van der Waals surface area contributed by atoms with Crippen LogP contribution in [0.5, 0.6) is 5.75 Å². The van der Waals surface area contributed by atoms with Gasteiger partial charge in [-0.3, -0.25) is 4.79 Å². The molecule has 1 aromatic carbocycles. The second-order valence-corrected chi connectivity index (χ2v) is 4.58. The number of hydrogen-bond acceptors (Lipinski definition) is 4. The number of ether oxygens (including phenoxy) is 2. The Hall–Kier alpha value is -2.56. The number of nitrogens with zero attached hydrogens (tertiary/aromatic N) is 1. The number of carbonyl (C=O) groups is 1. The third-order valence-corrected chi connectivity index (χ3v) is 3.13. The minimum atomic E-state index is -0.661. The summed E-state index contributed by atoms with van der Waals surface area (Å²) in [7, 11) is 1.29. The van der Waals surface area contributed by atoms with Crippen LogP contribution in [0.2, 0.25) is 0 Å². The van der Waals surface area contributed by atoms with Gasteiger partial charge in [-0.2, -0.15) is 0 Å². The summed E-state index contributed by atoms with van der Waals surface area (Å²) < 4.78 is 11.5. The van der Waals surface area contributed by atoms with Crippen LogP contribution in [0.15, 0.2) is 53.5 Å². The lowest BCUT2D eigenvalue weighted by Gasteiger charge is -2.13. The standard InChI is InChI=1S/C16H17NO4/c1-12(16(19)20-2)17-9-8-14(10-15(17)18)21-11-13-6-4-3-5-7-13/h3-10,12H,11H2,1-2H3/t12-/m1/s1. The molecule has 2 aromatic rings. The second kappa shape index (κ2) is 6.74. The number of esters is 1. The van der Waals surface area contributed by atoms with Gasteiger partial charge in [-0.05, 0) is 18.6 Å². The Bertz CT molecular complexity index is 663. The van der Waals surface area contributed by atoms with Gasteiger partial charge in [-0.25, -0.2) is 4.79 Å². The maximum absolute atomic E-state index is 12.0. The van der Waals surface area contributed by atoms with Crippen LogP contribution in [-0.4, -0.2) is 17.6 Å². The molecule has 0 unspecified atom stereocenters. The number of pyridine rings is 1. The third kappa shape index (κ3) is 3.72. The molecule has 1 atom stereocenters. The van der Waals surface area contributed by atoms with Gasteiger partial charge < -0.3 is 14.0 Å². The highest BCUT2D eigenvalue weighted by Crippen LogP contribution is 2.12. The van der Waals surface area contributed by atoms with Gasteiger partial charge in [0.15, 0.2) is 0 Å². The Morgan fingerprint density at radius 2 is 1.95 bits per heavy atom. The predicted octanol–water partition coefficient (Wildman–Crippen LogP) is 2.16. The van der Waals surface area contributed by atoms with Gasteiger partial charge >= 0.3 is 5.97 Å². The molecule has 0 bridgehead atoms. The molecular weight excluding hydrogens is 270 g/mol. The summed E-state index contributed by atoms with van der Waals surface area (Å²) in [5, 5.41) is 0. The molecule has 5 heteroatoms. The van der Waals surface area contributed by atoms with Crippen LogP contribution >= 0.6 is 0 Å². The SMILES string of the molecule is COC(=O)[C@@H](C)n1ccc(OCc2ccccc2)cc1=O. The highest BCUT2D eigenvalue weighted by molar-refractivity contribution is 5.73. The molecule has 0 aliphatic heterocycles. The van der Waals surface area contributed by atoms with Crippen LogP contribution in [0.4, 0.5) is 0 Å². The lowest BCUT2D eigenvalue weighted by Crippen LogP contribution is -2.27. The zero-order valence-electron chi connectivity index (χ0n) is 12.0. The molecule has 5 nitrogen and oxygen atoms in total. The van der Waals surface area contributed by atoms with Crippen LogP contribution < -0.4 is 10.3 Å². The average molecular weight is 287 g/mol. The summed E-state index contributed by atoms with van der Waals surface area (Å²) >= 11 is 0. The number of carbonyl (C=O) groups excluding carboxylic acids is 1. The molecule has 0 aliphatic carbocycles. The van der Waals surface area contributed by atoms with Crippen LogP contribution in [0.1, 0.15) is 18.5 Å². The number of methoxy groups -OCH3 is 1. The molecule has 21 heavy (non-hydrogen) atoms. The third-order valence-electron chi connectivity index (χ3n) is 3.13. The summed E-state index contributed by atoms with van der Waals surface area (Å²) in [6, 6.07) is 12.0. The monoisotopic (exact) mass is 287 g/mol. The van der Waals surface area contributed by atoms with E-state index in [1.54, 1.807) is 13.0 Å². The Labute approximate surface area is 122 Å². The minimum Gasteiger partial charge on any atom is -0.489 e. The van der Waals surface area contributed by atoms with Crippen molar-refractivity contribution in [1.82, 2.24) is 4.57 Å². The first-order valence-corrected chi connectivity index (χ1v) is 6.58. The Kier molecular flexibility index (Phi) is 4.77. The quantitative estimate of drug-likeness (QED) is 0.791. The molecule has 1 aromatic heterocycles. The maximum Gasteiger partial charge on any atom is 0.328 e. The average Bonchev–Trinajstić information content (AvgIpc) is 2.52. The fraction of sp³-hybridized carbons (Fsp3) is 0.250. The molecule has 0 N–H and O–H groups in total. The van der Waals surface area contributed by atoms with Gasteiger partial charge in [-0.1, -0.05) is 30.3 Å². The largest absolute Gasteiger partial charge is 0.489 e. The van der Waals surface area contributed by atoms with E-state index in [1.807, 2.05) is 30.3 Å². The van der Waals surface area contributed by atoms with Gasteiger partial charge in [0.25, 0.3) is 5.56 Å². The smallest absolute Gasteiger partial charge is 0.328 e. The van der Waals surface area contributed by atoms with Gasteiger partial charge in [0.1, 0.15) is 18.4 Å². The Morgan fingerprint density at radius 1 is 1.24 bits per heavy atom. The van der Waals surface area contributed by atoms with Crippen molar-refractivity contribution >= 4 is 5.97 Å². The van der Waals surface area contributed by atoms with E-state index in [2.05, 4.69) is 4.74 Å². The molecule has 0 saturated heterocycles. The summed E-state index contributed by atoms with van der Waals surface area (Å²) in [5.74, 6) is 0.00669. The zero-order valence-corrected chi connectivity index (χ0v) is 12.0. The van der Waals surface area contributed by atoms with Crippen LogP contribution in [-0.2, 0) is 16.1 Å². The summed E-state index contributed by atoms with van der Waals surface area (Å²) in [5.41, 5.74) is 0.711. The number of aromatic nitrogens is 1. The molecule has 0 amide bonds. The molecule has 0 radical (unpaired) electrons. The van der Waals surface area contributed by atoms with E-state index < -0.39 is 12.0 Å². The van der Waals surface area contributed by atoms with Crippen LogP contribution in [0.25, 0.3) is 0 Å². The fourth-order valence-electron chi connectivity index (χ4n) is 1.91. The Balaban J connectivity index is 2.09.